The summed E-state index contributed by atoms with van der Waals surface area (Å²) in [6.45, 7) is 10.3. The van der Waals surface area contributed by atoms with Gasteiger partial charge in [-0.15, -0.1) is 0 Å². The monoisotopic (exact) mass is 395 g/mol. The number of nitrogens with zero attached hydrogens (tertiary/aromatic N) is 1. The smallest absolute Gasteiger partial charge is 0.341 e. The van der Waals surface area contributed by atoms with Crippen LogP contribution in [0.25, 0.3) is 0 Å². The van der Waals surface area contributed by atoms with E-state index >= 15 is 0 Å². The summed E-state index contributed by atoms with van der Waals surface area (Å²) in [5.74, 6) is -1.39. The largest absolute Gasteiger partial charge is 0.459 e. The molecule has 0 aliphatic carbocycles. The number of rotatable bonds is 8. The molecular weight excluding hydrogens is 362 g/mol. The third-order valence-electron chi connectivity index (χ3n) is 5.98. The molecule has 158 valence electrons. The Balaban J connectivity index is 2.04. The minimum atomic E-state index is -1.72. The number of carbonyl (C=O) groups excluding carboxylic acids is 2. The summed E-state index contributed by atoms with van der Waals surface area (Å²) in [7, 11) is 1.45. The lowest BCUT2D eigenvalue weighted by atomic mass is 9.85. The van der Waals surface area contributed by atoms with Crippen molar-refractivity contribution in [2.24, 2.45) is 5.92 Å². The third kappa shape index (κ3) is 4.31. The van der Waals surface area contributed by atoms with Gasteiger partial charge in [-0.05, 0) is 38.7 Å². The Morgan fingerprint density at radius 1 is 1.39 bits per heavy atom. The Hall–Kier alpha value is -1.70. The lowest BCUT2D eigenvalue weighted by molar-refractivity contribution is -0.186. The highest BCUT2D eigenvalue weighted by molar-refractivity contribution is 5.87. The highest BCUT2D eigenvalue weighted by atomic mass is 16.6. The van der Waals surface area contributed by atoms with Crippen molar-refractivity contribution in [2.45, 2.75) is 64.9 Å². The maximum absolute atomic E-state index is 12.7. The summed E-state index contributed by atoms with van der Waals surface area (Å²) < 4.78 is 16.4. The molecule has 0 aromatic rings. The second-order valence-electron chi connectivity index (χ2n) is 7.86. The molecule has 0 bridgehead atoms. The van der Waals surface area contributed by atoms with E-state index in [1.165, 1.54) is 7.11 Å². The van der Waals surface area contributed by atoms with Crippen molar-refractivity contribution in [1.82, 2.24) is 4.90 Å². The van der Waals surface area contributed by atoms with Crippen LogP contribution in [-0.4, -0.2) is 72.6 Å². The molecule has 2 aliphatic rings. The topological polar surface area (TPSA) is 85.3 Å². The van der Waals surface area contributed by atoms with E-state index in [1.54, 1.807) is 40.7 Å². The number of carbonyl (C=O) groups is 2. The molecular formula is C21H33NO6. The van der Waals surface area contributed by atoms with Gasteiger partial charge in [-0.1, -0.05) is 26.0 Å². The molecule has 0 aromatic heterocycles. The Labute approximate surface area is 167 Å². The third-order valence-corrected chi connectivity index (χ3v) is 5.98. The highest BCUT2D eigenvalue weighted by Gasteiger charge is 2.48. The van der Waals surface area contributed by atoms with Crippen molar-refractivity contribution < 1.29 is 28.9 Å². The first-order valence-corrected chi connectivity index (χ1v) is 9.86. The van der Waals surface area contributed by atoms with Gasteiger partial charge in [0.25, 0.3) is 0 Å². The van der Waals surface area contributed by atoms with Crippen molar-refractivity contribution in [1.29, 1.82) is 0 Å². The van der Waals surface area contributed by atoms with Gasteiger partial charge in [-0.2, -0.15) is 0 Å². The Kier molecular flexibility index (Phi) is 7.42. The van der Waals surface area contributed by atoms with Crippen LogP contribution in [-0.2, 0) is 23.8 Å². The standard InChI is InChI=1S/C21H33NO6/c1-7-14(4)19(23)28-17-9-11-22-10-8-16(18(17)22)12-27-20(24)21(25,13(2)3)15(5)26-6/h7-8,13,15,17-18,25H,9-12H2,1-6H3/b14-7-/t15?,17-,18+,21?/m0/s1. The van der Waals surface area contributed by atoms with Crippen LogP contribution in [0.1, 0.15) is 41.0 Å². The summed E-state index contributed by atoms with van der Waals surface area (Å²) in [5, 5.41) is 10.8. The quantitative estimate of drug-likeness (QED) is 0.381. The molecule has 28 heavy (non-hydrogen) atoms. The van der Waals surface area contributed by atoms with Crippen LogP contribution in [0.15, 0.2) is 23.3 Å². The first-order valence-electron chi connectivity index (χ1n) is 9.86. The van der Waals surface area contributed by atoms with Crippen molar-refractivity contribution in [2.75, 3.05) is 26.8 Å². The summed E-state index contributed by atoms with van der Waals surface area (Å²) in [5.41, 5.74) is -0.250. The maximum atomic E-state index is 12.7. The van der Waals surface area contributed by atoms with Crippen molar-refractivity contribution in [3.05, 3.63) is 23.3 Å². The summed E-state index contributed by atoms with van der Waals surface area (Å²) in [6, 6.07) is -0.0894. The van der Waals surface area contributed by atoms with Crippen LogP contribution in [0.5, 0.6) is 0 Å². The first kappa shape index (κ1) is 22.6. The molecule has 2 aliphatic heterocycles. The molecule has 0 spiro atoms. The molecule has 1 fully saturated rings. The Bertz CT molecular complexity index is 655. The van der Waals surface area contributed by atoms with Gasteiger partial charge in [0.15, 0.2) is 5.60 Å². The van der Waals surface area contributed by atoms with Crippen LogP contribution in [0.4, 0.5) is 0 Å². The zero-order valence-electron chi connectivity index (χ0n) is 17.7. The van der Waals surface area contributed by atoms with Crippen LogP contribution in [0, 0.1) is 5.92 Å². The molecule has 4 atom stereocenters. The van der Waals surface area contributed by atoms with Gasteiger partial charge in [0.1, 0.15) is 12.7 Å². The molecule has 0 radical (unpaired) electrons. The number of allylic oxidation sites excluding steroid dienone is 1. The average molecular weight is 395 g/mol. The number of aliphatic hydroxyl groups is 1. The summed E-state index contributed by atoms with van der Waals surface area (Å²) >= 11 is 0. The first-order chi connectivity index (χ1) is 13.2. The fourth-order valence-electron chi connectivity index (χ4n) is 3.79. The normalized spacial score (nSPS) is 25.9. The molecule has 0 saturated carbocycles. The minimum Gasteiger partial charge on any atom is -0.459 e. The van der Waals surface area contributed by atoms with Crippen LogP contribution < -0.4 is 0 Å². The molecule has 2 unspecified atom stereocenters. The number of ether oxygens (including phenoxy) is 3. The number of hydrogen-bond donors (Lipinski definition) is 1. The second kappa shape index (κ2) is 9.20. The van der Waals surface area contributed by atoms with Crippen molar-refractivity contribution in [3.8, 4) is 0 Å². The van der Waals surface area contributed by atoms with E-state index < -0.39 is 17.7 Å². The van der Waals surface area contributed by atoms with Crippen LogP contribution in [0.2, 0.25) is 0 Å². The zero-order chi connectivity index (χ0) is 21.1. The van der Waals surface area contributed by atoms with E-state index in [1.807, 2.05) is 6.08 Å². The van der Waals surface area contributed by atoms with Crippen LogP contribution >= 0.6 is 0 Å². The van der Waals surface area contributed by atoms with E-state index in [9.17, 15) is 14.7 Å². The number of fused-ring (bicyclic) bond motifs is 1. The molecule has 1 N–H and O–H groups in total. The van der Waals surface area contributed by atoms with Crippen molar-refractivity contribution >= 4 is 11.9 Å². The van der Waals surface area contributed by atoms with Gasteiger partial charge in [-0.3, -0.25) is 4.90 Å². The highest BCUT2D eigenvalue weighted by Crippen LogP contribution is 2.32. The van der Waals surface area contributed by atoms with Gasteiger partial charge < -0.3 is 19.3 Å². The summed E-state index contributed by atoms with van der Waals surface area (Å²) in [6.07, 6.45) is 3.52. The van der Waals surface area contributed by atoms with Gasteiger partial charge in [-0.25, -0.2) is 9.59 Å². The number of hydrogen-bond acceptors (Lipinski definition) is 7. The molecule has 7 nitrogen and oxygen atoms in total. The molecule has 2 rings (SSSR count). The van der Waals surface area contributed by atoms with Gasteiger partial charge >= 0.3 is 11.9 Å². The zero-order valence-corrected chi connectivity index (χ0v) is 17.7. The minimum absolute atomic E-state index is 0.0577. The predicted molar refractivity (Wildman–Crippen MR) is 105 cm³/mol. The molecule has 1 saturated heterocycles. The van der Waals surface area contributed by atoms with Crippen molar-refractivity contribution in [3.63, 3.8) is 0 Å². The fourth-order valence-corrected chi connectivity index (χ4v) is 3.79. The van der Waals surface area contributed by atoms with E-state index in [2.05, 4.69) is 4.90 Å². The lowest BCUT2D eigenvalue weighted by Crippen LogP contribution is -2.54. The maximum Gasteiger partial charge on any atom is 0.341 e. The summed E-state index contributed by atoms with van der Waals surface area (Å²) in [4.78, 5) is 27.0. The Morgan fingerprint density at radius 3 is 2.64 bits per heavy atom. The number of methoxy groups -OCH3 is 1. The molecule has 0 amide bonds. The van der Waals surface area contributed by atoms with E-state index in [0.717, 1.165) is 25.1 Å². The fraction of sp³-hybridized carbons (Fsp3) is 0.714. The lowest BCUT2D eigenvalue weighted by Gasteiger charge is -2.34. The van der Waals surface area contributed by atoms with Gasteiger partial charge in [0.2, 0.25) is 0 Å². The SMILES string of the molecule is C/C=C(/C)C(=O)O[C@H]1CCN2CC=C(COC(=O)C(O)(C(C)C)C(C)OC)[C@H]12. The van der Waals surface area contributed by atoms with Crippen LogP contribution in [0.3, 0.4) is 0 Å². The Morgan fingerprint density at radius 2 is 2.07 bits per heavy atom. The molecule has 0 aromatic carbocycles. The van der Waals surface area contributed by atoms with E-state index in [4.69, 9.17) is 14.2 Å². The van der Waals surface area contributed by atoms with Gasteiger partial charge in [0.05, 0.1) is 12.1 Å². The average Bonchev–Trinajstić information content (AvgIpc) is 3.26. The molecule has 7 heteroatoms. The van der Waals surface area contributed by atoms with Gasteiger partial charge in [0, 0.05) is 25.8 Å². The van der Waals surface area contributed by atoms with E-state index in [-0.39, 0.29) is 30.6 Å². The second-order valence-corrected chi connectivity index (χ2v) is 7.86. The number of esters is 2. The predicted octanol–water partition coefficient (Wildman–Crippen LogP) is 1.84. The van der Waals surface area contributed by atoms with E-state index in [0.29, 0.717) is 5.57 Å². The molecule has 2 heterocycles.